The van der Waals surface area contributed by atoms with Gasteiger partial charge in [0, 0.05) is 71.4 Å². The van der Waals surface area contributed by atoms with Crippen molar-refractivity contribution in [3.8, 4) is 0 Å². The molecule has 1 heterocycles. The summed E-state index contributed by atoms with van der Waals surface area (Å²) in [6, 6.07) is 11.3. The molecule has 314 valence electrons. The fraction of sp³-hybridized carbons (Fsp3) is 0.550. The van der Waals surface area contributed by atoms with E-state index < -0.39 is 94.1 Å². The second-order valence-electron chi connectivity index (χ2n) is 14.4. The minimum Gasteiger partial charge on any atom is -0.462 e. The van der Waals surface area contributed by atoms with Crippen LogP contribution in [-0.4, -0.2) is 106 Å². The minimum absolute atomic E-state index is 0.0881. The maximum Gasteiger partial charge on any atom is 0.303 e. The molecule has 0 saturated carbocycles. The maximum absolute atomic E-state index is 14.2. The Hall–Kier alpha value is -5.03. The van der Waals surface area contributed by atoms with E-state index in [4.69, 9.17) is 23.7 Å². The summed E-state index contributed by atoms with van der Waals surface area (Å²) in [4.78, 5) is 77.2. The van der Waals surface area contributed by atoms with Crippen LogP contribution in [-0.2, 0) is 62.3 Å². The molecule has 2 aromatic carbocycles. The van der Waals surface area contributed by atoms with Crippen molar-refractivity contribution in [2.45, 2.75) is 115 Å². The number of anilines is 2. The molecule has 0 bridgehead atoms. The molecule has 0 unspecified atom stereocenters. The summed E-state index contributed by atoms with van der Waals surface area (Å²) < 4.78 is 54.7. The molecule has 17 heteroatoms. The molecule has 0 fully saturated rings. The second kappa shape index (κ2) is 19.9. The predicted molar refractivity (Wildman–Crippen MR) is 207 cm³/mol. The van der Waals surface area contributed by atoms with Crippen LogP contribution in [0, 0.1) is 5.41 Å². The number of carbonyl (C=O) groups excluding carboxylic acids is 6. The summed E-state index contributed by atoms with van der Waals surface area (Å²) in [6.45, 7) is 8.18. The quantitative estimate of drug-likeness (QED) is 0.171. The van der Waals surface area contributed by atoms with Crippen LogP contribution in [0.25, 0.3) is 0 Å². The predicted octanol–water partition coefficient (Wildman–Crippen LogP) is 3.85. The molecular weight excluding hydrogens is 765 g/mol. The first kappa shape index (κ1) is 46.4. The number of carbonyl (C=O) groups is 6. The van der Waals surface area contributed by atoms with E-state index in [2.05, 4.69) is 5.32 Å². The number of hydrogen-bond acceptors (Lipinski definition) is 15. The maximum atomic E-state index is 14.2. The molecule has 7 atom stereocenters. The van der Waals surface area contributed by atoms with Crippen LogP contribution in [0.2, 0.25) is 0 Å². The molecule has 3 rings (SSSR count). The third kappa shape index (κ3) is 12.0. The number of amides is 1. The highest BCUT2D eigenvalue weighted by molar-refractivity contribution is 7.91. The number of nitrogens with one attached hydrogen (secondary N) is 1. The van der Waals surface area contributed by atoms with Gasteiger partial charge in [0.05, 0.1) is 16.8 Å². The molecule has 0 aliphatic carbocycles. The minimum atomic E-state index is -3.89. The van der Waals surface area contributed by atoms with Crippen LogP contribution >= 0.6 is 0 Å². The topological polar surface area (TPSA) is 218 Å². The fourth-order valence-electron chi connectivity index (χ4n) is 7.12. The van der Waals surface area contributed by atoms with E-state index in [9.17, 15) is 42.3 Å². The Labute approximate surface area is 333 Å². The Balaban J connectivity index is 2.22. The molecule has 1 aliphatic heterocycles. The number of unbranched alkanes of at least 4 members (excludes halogenated alkanes) is 1. The lowest BCUT2D eigenvalue weighted by atomic mass is 9.69. The van der Waals surface area contributed by atoms with E-state index in [-0.39, 0.29) is 16.3 Å². The van der Waals surface area contributed by atoms with Crippen molar-refractivity contribution in [3.05, 3.63) is 53.6 Å². The van der Waals surface area contributed by atoms with Crippen LogP contribution in [0.4, 0.5) is 11.4 Å². The number of hydrogen-bond donors (Lipinski definition) is 2. The van der Waals surface area contributed by atoms with Gasteiger partial charge < -0.3 is 39.0 Å². The highest BCUT2D eigenvalue weighted by Crippen LogP contribution is 2.49. The Bertz CT molecular complexity index is 1910. The van der Waals surface area contributed by atoms with E-state index in [1.165, 1.54) is 6.07 Å². The van der Waals surface area contributed by atoms with Gasteiger partial charge >= 0.3 is 29.8 Å². The van der Waals surface area contributed by atoms with Crippen molar-refractivity contribution in [2.75, 3.05) is 36.7 Å². The highest BCUT2D eigenvalue weighted by atomic mass is 32.2. The third-order valence-corrected chi connectivity index (χ3v) is 11.8. The van der Waals surface area contributed by atoms with Gasteiger partial charge in [-0.3, -0.25) is 28.8 Å². The molecule has 0 aromatic heterocycles. The van der Waals surface area contributed by atoms with Gasteiger partial charge in [-0.2, -0.15) is 0 Å². The van der Waals surface area contributed by atoms with Crippen LogP contribution in [0.5, 0.6) is 0 Å². The fourth-order valence-corrected chi connectivity index (χ4v) is 9.38. The van der Waals surface area contributed by atoms with Gasteiger partial charge in [-0.1, -0.05) is 38.8 Å². The molecule has 2 aromatic rings. The Kier molecular flexibility index (Phi) is 16.2. The van der Waals surface area contributed by atoms with Crippen molar-refractivity contribution in [1.82, 2.24) is 0 Å². The van der Waals surface area contributed by atoms with Gasteiger partial charge in [-0.15, -0.1) is 0 Å². The molecule has 0 radical (unpaired) electrons. The zero-order valence-corrected chi connectivity index (χ0v) is 34.7. The van der Waals surface area contributed by atoms with Gasteiger partial charge in [0.15, 0.2) is 28.1 Å². The Morgan fingerprint density at radius 3 is 2.00 bits per heavy atom. The number of fused-ring (bicyclic) bond motifs is 1. The van der Waals surface area contributed by atoms with Crippen molar-refractivity contribution in [3.63, 3.8) is 0 Å². The average molecular weight is 819 g/mol. The molecule has 1 amide bonds. The van der Waals surface area contributed by atoms with E-state index >= 15 is 0 Å². The number of aliphatic hydroxyl groups excluding tert-OH is 1. The summed E-state index contributed by atoms with van der Waals surface area (Å²) in [5.41, 5.74) is 0.622. The van der Waals surface area contributed by atoms with Gasteiger partial charge in [-0.05, 0) is 54.3 Å². The van der Waals surface area contributed by atoms with Gasteiger partial charge in [0.1, 0.15) is 6.61 Å². The number of sulfone groups is 1. The number of nitrogens with zero attached hydrogens (tertiary/aromatic N) is 1. The summed E-state index contributed by atoms with van der Waals surface area (Å²) in [5, 5.41) is 15.0. The van der Waals surface area contributed by atoms with Crippen molar-refractivity contribution < 1.29 is 66.0 Å². The molecule has 1 aliphatic rings. The third-order valence-electron chi connectivity index (χ3n) is 9.76. The number of aliphatic hydroxyl groups is 1. The summed E-state index contributed by atoms with van der Waals surface area (Å²) >= 11 is 0. The van der Waals surface area contributed by atoms with Crippen molar-refractivity contribution in [2.24, 2.45) is 5.41 Å². The van der Waals surface area contributed by atoms with Gasteiger partial charge in [0.25, 0.3) is 5.91 Å². The van der Waals surface area contributed by atoms with E-state index in [1.54, 1.807) is 36.4 Å². The lowest BCUT2D eigenvalue weighted by molar-refractivity contribution is -0.202. The number of benzene rings is 2. The van der Waals surface area contributed by atoms with Crippen LogP contribution in [0.15, 0.2) is 47.4 Å². The van der Waals surface area contributed by atoms with Crippen LogP contribution < -0.4 is 10.2 Å². The van der Waals surface area contributed by atoms with Gasteiger partial charge in [-0.25, -0.2) is 8.42 Å². The summed E-state index contributed by atoms with van der Waals surface area (Å²) in [7, 11) is -0.268. The molecular formula is C40H54N2O14S. The lowest BCUT2D eigenvalue weighted by Crippen LogP contribution is -2.56. The lowest BCUT2D eigenvalue weighted by Gasteiger charge is -2.39. The summed E-state index contributed by atoms with van der Waals surface area (Å²) in [5.74, 6) is -6.94. The standard InChI is InChI=1S/C40H54N2O14S/c1-10-12-18-40(11-2)22-57(50,51)33-17-16-30(42(8)9)20-31(33)34(38(40)48)28-14-13-15-29(19-28)41-39(49)37(56-27(7)47)36(55-26(6)46)35(54-25(5)45)32(53-24(4)44)21-52-23(3)43/h13-17,19-20,32,34-38,48H,10-12,18,21-22H2,1-9H3,(H,41,49)/t32-,34-,35-,36+,37-,38+,40-/m1/s1. The molecule has 16 nitrogen and oxygen atoms in total. The molecule has 0 spiro atoms. The zero-order chi connectivity index (χ0) is 42.8. The van der Waals surface area contributed by atoms with E-state index in [0.29, 0.717) is 36.1 Å². The van der Waals surface area contributed by atoms with Crippen molar-refractivity contribution >= 4 is 57.0 Å². The van der Waals surface area contributed by atoms with Crippen LogP contribution in [0.1, 0.15) is 91.2 Å². The zero-order valence-electron chi connectivity index (χ0n) is 33.9. The number of esters is 5. The monoisotopic (exact) mass is 818 g/mol. The largest absolute Gasteiger partial charge is 0.462 e. The smallest absolute Gasteiger partial charge is 0.303 e. The Morgan fingerprint density at radius 1 is 0.842 bits per heavy atom. The van der Waals surface area contributed by atoms with Crippen molar-refractivity contribution in [1.29, 1.82) is 0 Å². The SMILES string of the molecule is CCCC[C@]1(CC)CS(=O)(=O)c2ccc(N(C)C)cc2[C@@H](c2cccc(NC(=O)[C@H](OC(C)=O)[C@@H](OC(C)=O)[C@H](OC(C)=O)[C@@H](COC(C)=O)OC(C)=O)c2)[C@@H]1O. The first-order valence-electron chi connectivity index (χ1n) is 18.6. The van der Waals surface area contributed by atoms with Crippen LogP contribution in [0.3, 0.4) is 0 Å². The number of ether oxygens (including phenoxy) is 5. The molecule has 2 N–H and O–H groups in total. The highest BCUT2D eigenvalue weighted by Gasteiger charge is 2.50. The molecule has 0 saturated heterocycles. The first-order valence-corrected chi connectivity index (χ1v) is 20.3. The molecule has 57 heavy (non-hydrogen) atoms. The normalized spacial score (nSPS) is 20.5. The average Bonchev–Trinajstić information content (AvgIpc) is 3.18. The number of rotatable bonds is 17. The summed E-state index contributed by atoms with van der Waals surface area (Å²) in [6.07, 6.45) is -6.40. The van der Waals surface area contributed by atoms with Gasteiger partial charge in [0.2, 0.25) is 6.10 Å². The van der Waals surface area contributed by atoms with E-state index in [0.717, 1.165) is 41.0 Å². The Morgan fingerprint density at radius 2 is 1.46 bits per heavy atom. The second-order valence-corrected chi connectivity index (χ2v) is 16.3. The first-order chi connectivity index (χ1) is 26.7. The van der Waals surface area contributed by atoms with E-state index in [1.807, 2.05) is 32.8 Å².